The Morgan fingerprint density at radius 2 is 2.04 bits per heavy atom. The molecule has 4 rings (SSSR count). The van der Waals surface area contributed by atoms with Gasteiger partial charge in [0.05, 0.1) is 11.4 Å². The summed E-state index contributed by atoms with van der Waals surface area (Å²) >= 11 is 1.31. The van der Waals surface area contributed by atoms with Crippen molar-refractivity contribution >= 4 is 22.4 Å². The molecule has 1 N–H and O–H groups in total. The molecule has 0 aliphatic carbocycles. The van der Waals surface area contributed by atoms with Gasteiger partial charge >= 0.3 is 0 Å². The first-order valence-corrected chi connectivity index (χ1v) is 8.57. The Morgan fingerprint density at radius 1 is 1.12 bits per heavy atom. The number of pyridine rings is 1. The molecular weight excluding hydrogens is 353 g/mol. The lowest BCUT2D eigenvalue weighted by molar-refractivity contribution is 0.102. The van der Waals surface area contributed by atoms with Crippen LogP contribution in [0.2, 0.25) is 0 Å². The van der Waals surface area contributed by atoms with Crippen molar-refractivity contribution in [2.24, 2.45) is 0 Å². The molecule has 0 unspecified atom stereocenters. The van der Waals surface area contributed by atoms with Gasteiger partial charge in [-0.3, -0.25) is 15.1 Å². The Labute approximate surface area is 152 Å². The molecular formula is C18H12FN5OS. The zero-order valence-electron chi connectivity index (χ0n) is 13.3. The van der Waals surface area contributed by atoms with Gasteiger partial charge in [-0.2, -0.15) is 5.10 Å². The number of carbonyl (C=O) groups excluding carboxylic acids is 1. The molecule has 128 valence electrons. The van der Waals surface area contributed by atoms with Crippen LogP contribution in [0.5, 0.6) is 0 Å². The third-order valence-electron chi connectivity index (χ3n) is 3.55. The smallest absolute Gasteiger partial charge is 0.277 e. The van der Waals surface area contributed by atoms with Gasteiger partial charge in [0.25, 0.3) is 5.91 Å². The maximum Gasteiger partial charge on any atom is 0.277 e. The molecule has 3 heterocycles. The predicted octanol–water partition coefficient (Wildman–Crippen LogP) is 3.78. The van der Waals surface area contributed by atoms with Crippen LogP contribution in [-0.4, -0.2) is 25.7 Å². The standard InChI is InChI=1S/C18H12FN5OS/c19-12-4-3-5-13(10-12)24-9-7-15(23-24)17(25)22-18-21-16(11-26-18)14-6-1-2-8-20-14/h1-11H,(H,21,22,25). The van der Waals surface area contributed by atoms with Crippen LogP contribution in [-0.2, 0) is 0 Å². The SMILES string of the molecule is O=C(Nc1nc(-c2ccccn2)cs1)c1ccn(-c2cccc(F)c2)n1. The zero-order valence-corrected chi connectivity index (χ0v) is 14.2. The van der Waals surface area contributed by atoms with E-state index in [-0.39, 0.29) is 17.4 Å². The van der Waals surface area contributed by atoms with Crippen LogP contribution in [0, 0.1) is 5.82 Å². The van der Waals surface area contributed by atoms with Gasteiger partial charge in [0.1, 0.15) is 11.5 Å². The molecule has 0 saturated heterocycles. The number of thiazole rings is 1. The zero-order chi connectivity index (χ0) is 17.9. The molecule has 4 aromatic rings. The first-order valence-electron chi connectivity index (χ1n) is 7.69. The average molecular weight is 365 g/mol. The van der Waals surface area contributed by atoms with E-state index in [0.29, 0.717) is 16.5 Å². The van der Waals surface area contributed by atoms with E-state index < -0.39 is 0 Å². The van der Waals surface area contributed by atoms with Crippen LogP contribution in [0.3, 0.4) is 0 Å². The molecule has 3 aromatic heterocycles. The summed E-state index contributed by atoms with van der Waals surface area (Å²) in [6.45, 7) is 0. The minimum atomic E-state index is -0.387. The number of carbonyl (C=O) groups is 1. The summed E-state index contributed by atoms with van der Waals surface area (Å²) in [5.74, 6) is -0.754. The van der Waals surface area contributed by atoms with E-state index in [0.717, 1.165) is 5.69 Å². The lowest BCUT2D eigenvalue weighted by Gasteiger charge is -2.01. The molecule has 26 heavy (non-hydrogen) atoms. The van der Waals surface area contributed by atoms with Crippen LogP contribution < -0.4 is 5.32 Å². The van der Waals surface area contributed by atoms with E-state index in [1.807, 2.05) is 23.6 Å². The fourth-order valence-corrected chi connectivity index (χ4v) is 3.03. The number of aromatic nitrogens is 4. The summed E-state index contributed by atoms with van der Waals surface area (Å²) in [5, 5.41) is 9.18. The van der Waals surface area contributed by atoms with Crippen LogP contribution in [0.4, 0.5) is 9.52 Å². The van der Waals surface area contributed by atoms with Crippen LogP contribution in [0.25, 0.3) is 17.1 Å². The molecule has 0 bridgehead atoms. The molecule has 0 spiro atoms. The number of nitrogens with zero attached hydrogens (tertiary/aromatic N) is 4. The Kier molecular flexibility index (Phi) is 4.24. The molecule has 8 heteroatoms. The molecule has 0 aliphatic rings. The minimum Gasteiger partial charge on any atom is -0.296 e. The van der Waals surface area contributed by atoms with Gasteiger partial charge in [-0.05, 0) is 36.4 Å². The summed E-state index contributed by atoms with van der Waals surface area (Å²) in [6, 6.07) is 13.1. The Balaban J connectivity index is 1.50. The van der Waals surface area contributed by atoms with Gasteiger partial charge in [-0.1, -0.05) is 12.1 Å². The van der Waals surface area contributed by atoms with Gasteiger partial charge in [-0.25, -0.2) is 14.1 Å². The summed E-state index contributed by atoms with van der Waals surface area (Å²) in [4.78, 5) is 21.0. The number of amides is 1. The Morgan fingerprint density at radius 3 is 2.85 bits per heavy atom. The van der Waals surface area contributed by atoms with Gasteiger partial charge in [0.15, 0.2) is 10.8 Å². The number of anilines is 1. The van der Waals surface area contributed by atoms with E-state index in [1.54, 1.807) is 30.6 Å². The lowest BCUT2D eigenvalue weighted by Crippen LogP contribution is -2.13. The van der Waals surface area contributed by atoms with E-state index in [1.165, 1.54) is 28.2 Å². The second-order valence-electron chi connectivity index (χ2n) is 5.33. The summed E-state index contributed by atoms with van der Waals surface area (Å²) in [6.07, 6.45) is 3.29. The molecule has 0 aliphatic heterocycles. The van der Waals surface area contributed by atoms with Crippen molar-refractivity contribution in [2.75, 3.05) is 5.32 Å². The van der Waals surface area contributed by atoms with Crippen molar-refractivity contribution in [3.63, 3.8) is 0 Å². The fourth-order valence-electron chi connectivity index (χ4n) is 2.33. The summed E-state index contributed by atoms with van der Waals surface area (Å²) in [7, 11) is 0. The van der Waals surface area contributed by atoms with Crippen molar-refractivity contribution in [3.8, 4) is 17.1 Å². The minimum absolute atomic E-state index is 0.212. The van der Waals surface area contributed by atoms with Crippen molar-refractivity contribution in [1.29, 1.82) is 0 Å². The molecule has 1 aromatic carbocycles. The number of nitrogens with one attached hydrogen (secondary N) is 1. The molecule has 0 saturated carbocycles. The second-order valence-corrected chi connectivity index (χ2v) is 6.19. The van der Waals surface area contributed by atoms with E-state index in [4.69, 9.17) is 0 Å². The maximum atomic E-state index is 13.3. The van der Waals surface area contributed by atoms with Crippen molar-refractivity contribution < 1.29 is 9.18 Å². The number of hydrogen-bond acceptors (Lipinski definition) is 5. The summed E-state index contributed by atoms with van der Waals surface area (Å²) < 4.78 is 14.8. The van der Waals surface area contributed by atoms with Crippen LogP contribution in [0.15, 0.2) is 66.3 Å². The van der Waals surface area contributed by atoms with Gasteiger partial charge in [0, 0.05) is 17.8 Å². The van der Waals surface area contributed by atoms with Gasteiger partial charge < -0.3 is 0 Å². The quantitative estimate of drug-likeness (QED) is 0.597. The van der Waals surface area contributed by atoms with Crippen molar-refractivity contribution in [1.82, 2.24) is 19.7 Å². The van der Waals surface area contributed by atoms with E-state index >= 15 is 0 Å². The highest BCUT2D eigenvalue weighted by Gasteiger charge is 2.13. The van der Waals surface area contributed by atoms with Crippen LogP contribution >= 0.6 is 11.3 Å². The maximum absolute atomic E-state index is 13.3. The fraction of sp³-hybridized carbons (Fsp3) is 0. The number of halogens is 1. The van der Waals surface area contributed by atoms with Gasteiger partial charge in [-0.15, -0.1) is 11.3 Å². The third-order valence-corrected chi connectivity index (χ3v) is 4.30. The molecule has 1 amide bonds. The highest BCUT2D eigenvalue weighted by molar-refractivity contribution is 7.14. The lowest BCUT2D eigenvalue weighted by atomic mass is 10.3. The number of rotatable bonds is 4. The highest BCUT2D eigenvalue weighted by atomic mass is 32.1. The van der Waals surface area contributed by atoms with Crippen molar-refractivity contribution in [3.05, 3.63) is 77.8 Å². The highest BCUT2D eigenvalue weighted by Crippen LogP contribution is 2.23. The first-order chi connectivity index (χ1) is 12.7. The topological polar surface area (TPSA) is 72.7 Å². The van der Waals surface area contributed by atoms with E-state index in [2.05, 4.69) is 20.4 Å². The van der Waals surface area contributed by atoms with Crippen LogP contribution in [0.1, 0.15) is 10.5 Å². The normalized spacial score (nSPS) is 10.7. The molecule has 6 nitrogen and oxygen atoms in total. The largest absolute Gasteiger partial charge is 0.296 e. The van der Waals surface area contributed by atoms with Crippen molar-refractivity contribution in [2.45, 2.75) is 0 Å². The van der Waals surface area contributed by atoms with E-state index in [9.17, 15) is 9.18 Å². The molecule has 0 atom stereocenters. The first kappa shape index (κ1) is 16.1. The molecule has 0 radical (unpaired) electrons. The second kappa shape index (κ2) is 6.85. The molecule has 0 fully saturated rings. The average Bonchev–Trinajstić information content (AvgIpc) is 3.32. The Bertz CT molecular complexity index is 1060. The Hall–Kier alpha value is -3.39. The monoisotopic (exact) mass is 365 g/mol. The predicted molar refractivity (Wildman–Crippen MR) is 96.8 cm³/mol. The number of benzene rings is 1. The van der Waals surface area contributed by atoms with Gasteiger partial charge in [0.2, 0.25) is 0 Å². The summed E-state index contributed by atoms with van der Waals surface area (Å²) in [5.41, 5.74) is 2.18. The third kappa shape index (κ3) is 3.35. The number of hydrogen-bond donors (Lipinski definition) is 1.